The van der Waals surface area contributed by atoms with Crippen LogP contribution < -0.4 is 15.4 Å². The molecular weight excluding hydrogens is 375 g/mol. The molecule has 0 aromatic heterocycles. The maximum Gasteiger partial charge on any atom is 0.253 e. The molecule has 1 atom stereocenters. The maximum atomic E-state index is 12.1. The number of fused-ring (bicyclic) bond motifs is 1. The van der Waals surface area contributed by atoms with Crippen LogP contribution in [0, 0.1) is 5.92 Å². The summed E-state index contributed by atoms with van der Waals surface area (Å²) in [5.74, 6) is 0.427. The average molecular weight is 393 g/mol. The van der Waals surface area contributed by atoms with Gasteiger partial charge >= 0.3 is 0 Å². The number of hydrogen-bond donors (Lipinski definition) is 2. The standard InChI is InChI=1S/C19H18Cl2N2O3/c20-14-5-6-15(16(21)8-14)19(25)23-10-18(24)22-9-12-7-13-3-1-2-4-17(13)26-11-12/h1-6,8,12H,7,9-11H2,(H,22,24)(H,23,25). The van der Waals surface area contributed by atoms with Gasteiger partial charge in [-0.15, -0.1) is 0 Å². The van der Waals surface area contributed by atoms with Gasteiger partial charge in [-0.2, -0.15) is 0 Å². The first-order valence-corrected chi connectivity index (χ1v) is 8.99. The maximum absolute atomic E-state index is 12.1. The summed E-state index contributed by atoms with van der Waals surface area (Å²) in [5.41, 5.74) is 1.42. The highest BCUT2D eigenvalue weighted by Gasteiger charge is 2.20. The molecule has 0 spiro atoms. The normalized spacial score (nSPS) is 15.5. The van der Waals surface area contributed by atoms with E-state index >= 15 is 0 Å². The van der Waals surface area contributed by atoms with E-state index in [1.165, 1.54) is 12.1 Å². The Morgan fingerprint density at radius 3 is 2.73 bits per heavy atom. The third-order valence-corrected chi connectivity index (χ3v) is 4.68. The van der Waals surface area contributed by atoms with Gasteiger partial charge in [0.1, 0.15) is 5.75 Å². The van der Waals surface area contributed by atoms with Crippen LogP contribution in [0.15, 0.2) is 42.5 Å². The average Bonchev–Trinajstić information content (AvgIpc) is 2.64. The number of carbonyl (C=O) groups is 2. The third-order valence-electron chi connectivity index (χ3n) is 4.13. The molecule has 3 rings (SSSR count). The molecule has 5 nitrogen and oxygen atoms in total. The smallest absolute Gasteiger partial charge is 0.253 e. The zero-order valence-corrected chi connectivity index (χ0v) is 15.4. The van der Waals surface area contributed by atoms with Crippen molar-refractivity contribution in [2.45, 2.75) is 6.42 Å². The number of ether oxygens (including phenoxy) is 1. The Labute approximate surface area is 161 Å². The van der Waals surface area contributed by atoms with Crippen LogP contribution in [0.5, 0.6) is 5.75 Å². The molecule has 2 N–H and O–H groups in total. The molecule has 1 heterocycles. The Morgan fingerprint density at radius 2 is 1.92 bits per heavy atom. The van der Waals surface area contributed by atoms with Gasteiger partial charge in [0.05, 0.1) is 23.7 Å². The number of hydrogen-bond acceptors (Lipinski definition) is 3. The molecule has 7 heteroatoms. The highest BCUT2D eigenvalue weighted by Crippen LogP contribution is 2.26. The molecule has 0 aliphatic carbocycles. The van der Waals surface area contributed by atoms with Gasteiger partial charge in [-0.3, -0.25) is 9.59 Å². The third kappa shape index (κ3) is 4.68. The molecule has 0 fully saturated rings. The summed E-state index contributed by atoms with van der Waals surface area (Å²) >= 11 is 11.8. The van der Waals surface area contributed by atoms with Crippen LogP contribution in [-0.2, 0) is 11.2 Å². The minimum Gasteiger partial charge on any atom is -0.493 e. The fourth-order valence-corrected chi connectivity index (χ4v) is 3.27. The topological polar surface area (TPSA) is 67.4 Å². The summed E-state index contributed by atoms with van der Waals surface area (Å²) < 4.78 is 5.70. The van der Waals surface area contributed by atoms with E-state index in [1.54, 1.807) is 6.07 Å². The molecule has 2 aromatic carbocycles. The van der Waals surface area contributed by atoms with Crippen LogP contribution in [0.2, 0.25) is 10.0 Å². The zero-order chi connectivity index (χ0) is 18.5. The van der Waals surface area contributed by atoms with E-state index in [9.17, 15) is 9.59 Å². The van der Waals surface area contributed by atoms with Crippen molar-refractivity contribution in [2.24, 2.45) is 5.92 Å². The van der Waals surface area contributed by atoms with Crippen LogP contribution in [0.3, 0.4) is 0 Å². The highest BCUT2D eigenvalue weighted by atomic mass is 35.5. The van der Waals surface area contributed by atoms with Crippen LogP contribution in [0.25, 0.3) is 0 Å². The van der Waals surface area contributed by atoms with Crippen molar-refractivity contribution < 1.29 is 14.3 Å². The number of benzene rings is 2. The van der Waals surface area contributed by atoms with Gasteiger partial charge in [0.25, 0.3) is 5.91 Å². The Balaban J connectivity index is 1.44. The van der Waals surface area contributed by atoms with Crippen molar-refractivity contribution in [3.63, 3.8) is 0 Å². The van der Waals surface area contributed by atoms with Crippen molar-refractivity contribution >= 4 is 35.0 Å². The Hall–Kier alpha value is -2.24. The zero-order valence-electron chi connectivity index (χ0n) is 13.9. The minimum atomic E-state index is -0.420. The van der Waals surface area contributed by atoms with Crippen molar-refractivity contribution in [1.82, 2.24) is 10.6 Å². The molecule has 0 bridgehead atoms. The second-order valence-corrected chi connectivity index (χ2v) is 6.94. The Bertz CT molecular complexity index is 826. The predicted molar refractivity (Wildman–Crippen MR) is 101 cm³/mol. The summed E-state index contributed by atoms with van der Waals surface area (Å²) in [5, 5.41) is 6.07. The number of para-hydroxylation sites is 1. The lowest BCUT2D eigenvalue weighted by molar-refractivity contribution is -0.120. The second-order valence-electron chi connectivity index (χ2n) is 6.10. The number of rotatable bonds is 5. The fourth-order valence-electron chi connectivity index (χ4n) is 2.77. The van der Waals surface area contributed by atoms with Crippen molar-refractivity contribution in [3.8, 4) is 5.75 Å². The lowest BCUT2D eigenvalue weighted by Crippen LogP contribution is -2.40. The first-order chi connectivity index (χ1) is 12.5. The van der Waals surface area contributed by atoms with Gasteiger partial charge < -0.3 is 15.4 Å². The monoisotopic (exact) mass is 392 g/mol. The molecule has 2 amide bonds. The lowest BCUT2D eigenvalue weighted by atomic mass is 9.97. The largest absolute Gasteiger partial charge is 0.493 e. The van der Waals surface area contributed by atoms with Crippen LogP contribution in [-0.4, -0.2) is 31.5 Å². The number of amides is 2. The molecule has 136 valence electrons. The summed E-state index contributed by atoms with van der Waals surface area (Å²) in [6.45, 7) is 0.927. The van der Waals surface area contributed by atoms with Gasteiger partial charge in [-0.1, -0.05) is 41.4 Å². The number of nitrogens with one attached hydrogen (secondary N) is 2. The SMILES string of the molecule is O=C(CNC(=O)c1ccc(Cl)cc1Cl)NCC1COc2ccccc2C1. The molecule has 1 aliphatic heterocycles. The van der Waals surface area contributed by atoms with Crippen LogP contribution in [0.1, 0.15) is 15.9 Å². The van der Waals surface area contributed by atoms with E-state index < -0.39 is 5.91 Å². The van der Waals surface area contributed by atoms with Crippen molar-refractivity contribution in [1.29, 1.82) is 0 Å². The first kappa shape index (κ1) is 18.5. The van der Waals surface area contributed by atoms with Gasteiger partial charge in [-0.05, 0) is 36.2 Å². The second kappa shape index (κ2) is 8.43. The molecule has 0 saturated carbocycles. The Kier molecular flexibility index (Phi) is 6.01. The van der Waals surface area contributed by atoms with E-state index in [-0.39, 0.29) is 29.0 Å². The predicted octanol–water partition coefficient (Wildman–Crippen LogP) is 3.09. The van der Waals surface area contributed by atoms with E-state index in [4.69, 9.17) is 27.9 Å². The van der Waals surface area contributed by atoms with Gasteiger partial charge in [0.2, 0.25) is 5.91 Å². The van der Waals surface area contributed by atoms with E-state index in [0.717, 1.165) is 17.7 Å². The molecular formula is C19H18Cl2N2O3. The lowest BCUT2D eigenvalue weighted by Gasteiger charge is -2.25. The number of carbonyl (C=O) groups excluding carboxylic acids is 2. The van der Waals surface area contributed by atoms with Gasteiger partial charge in [0.15, 0.2) is 0 Å². The van der Waals surface area contributed by atoms with E-state index in [2.05, 4.69) is 10.6 Å². The minimum absolute atomic E-state index is 0.123. The van der Waals surface area contributed by atoms with Crippen molar-refractivity contribution in [2.75, 3.05) is 19.7 Å². The first-order valence-electron chi connectivity index (χ1n) is 8.23. The summed E-state index contributed by atoms with van der Waals surface area (Å²) in [7, 11) is 0. The Morgan fingerprint density at radius 1 is 1.12 bits per heavy atom. The van der Waals surface area contributed by atoms with Gasteiger partial charge in [0, 0.05) is 17.5 Å². The molecule has 1 unspecified atom stereocenters. The fraction of sp³-hybridized carbons (Fsp3) is 0.263. The molecule has 2 aromatic rings. The van der Waals surface area contributed by atoms with Crippen LogP contribution >= 0.6 is 23.2 Å². The molecule has 0 radical (unpaired) electrons. The number of halogens is 2. The van der Waals surface area contributed by atoms with Crippen LogP contribution in [0.4, 0.5) is 0 Å². The van der Waals surface area contributed by atoms with Crippen molar-refractivity contribution in [3.05, 3.63) is 63.6 Å². The van der Waals surface area contributed by atoms with E-state index in [0.29, 0.717) is 18.2 Å². The molecule has 26 heavy (non-hydrogen) atoms. The summed E-state index contributed by atoms with van der Waals surface area (Å²) in [6, 6.07) is 12.5. The summed E-state index contributed by atoms with van der Waals surface area (Å²) in [4.78, 5) is 24.1. The molecule has 0 saturated heterocycles. The quantitative estimate of drug-likeness (QED) is 0.821. The van der Waals surface area contributed by atoms with Gasteiger partial charge in [-0.25, -0.2) is 0 Å². The summed E-state index contributed by atoms with van der Waals surface area (Å²) in [6.07, 6.45) is 0.850. The highest BCUT2D eigenvalue weighted by molar-refractivity contribution is 6.36. The van der Waals surface area contributed by atoms with E-state index in [1.807, 2.05) is 24.3 Å². The molecule has 1 aliphatic rings.